The Hall–Kier alpha value is -0.760. The zero-order valence-corrected chi connectivity index (χ0v) is 10.3. The third kappa shape index (κ3) is 2.88. The van der Waals surface area contributed by atoms with Crippen molar-refractivity contribution in [1.29, 1.82) is 0 Å². The average Bonchev–Trinajstić information content (AvgIpc) is 2.17. The molecule has 0 unspecified atom stereocenters. The van der Waals surface area contributed by atoms with Gasteiger partial charge in [0.15, 0.2) is 0 Å². The first-order chi connectivity index (χ1) is 6.67. The van der Waals surface area contributed by atoms with Gasteiger partial charge in [0.05, 0.1) is 0 Å². The lowest BCUT2D eigenvalue weighted by Crippen LogP contribution is -2.09. The van der Waals surface area contributed by atoms with Gasteiger partial charge in [0.25, 0.3) is 0 Å². The van der Waals surface area contributed by atoms with Crippen molar-refractivity contribution in [1.82, 2.24) is 0 Å². The fourth-order valence-corrected chi connectivity index (χ4v) is 1.79. The summed E-state index contributed by atoms with van der Waals surface area (Å²) < 4.78 is 0. The lowest BCUT2D eigenvalue weighted by Gasteiger charge is -2.14. The minimum atomic E-state index is 1.00. The summed E-state index contributed by atoms with van der Waals surface area (Å²) in [6, 6.07) is 6.54. The molecule has 0 aromatic heterocycles. The van der Waals surface area contributed by atoms with Gasteiger partial charge in [-0.3, -0.25) is 0 Å². The van der Waals surface area contributed by atoms with Gasteiger partial charge in [-0.1, -0.05) is 34.7 Å². The van der Waals surface area contributed by atoms with Crippen LogP contribution in [0.3, 0.4) is 0 Å². The van der Waals surface area contributed by atoms with Gasteiger partial charge < -0.3 is 4.90 Å². The zero-order chi connectivity index (χ0) is 10.6. The molecule has 0 amide bonds. The topological polar surface area (TPSA) is 3.24 Å². The maximum Gasteiger partial charge on any atom is 0.0369 e. The van der Waals surface area contributed by atoms with E-state index in [4.69, 9.17) is 0 Å². The van der Waals surface area contributed by atoms with Crippen LogP contribution < -0.4 is 4.90 Å². The molecular formula is C12H16BrN. The molecule has 0 bridgehead atoms. The first kappa shape index (κ1) is 11.3. The average molecular weight is 254 g/mol. The van der Waals surface area contributed by atoms with Crippen molar-refractivity contribution in [3.8, 4) is 0 Å². The maximum atomic E-state index is 3.80. The molecule has 0 aliphatic carbocycles. The second-order valence-corrected chi connectivity index (χ2v) is 4.26. The Morgan fingerprint density at radius 1 is 1.36 bits per heavy atom. The summed E-state index contributed by atoms with van der Waals surface area (Å²) in [5.74, 6) is 0. The van der Waals surface area contributed by atoms with Crippen LogP contribution in [0.25, 0.3) is 6.08 Å². The minimum absolute atomic E-state index is 1.00. The van der Waals surface area contributed by atoms with Crippen molar-refractivity contribution in [2.75, 3.05) is 24.3 Å². The molecule has 0 saturated carbocycles. The Morgan fingerprint density at radius 2 is 2.07 bits per heavy atom. The summed E-state index contributed by atoms with van der Waals surface area (Å²) in [6.07, 6.45) is 2.95. The van der Waals surface area contributed by atoms with Crippen LogP contribution in [0.5, 0.6) is 0 Å². The van der Waals surface area contributed by atoms with E-state index in [1.807, 2.05) is 6.08 Å². The van der Waals surface area contributed by atoms with E-state index in [2.05, 4.69) is 59.7 Å². The molecule has 0 N–H and O–H groups in total. The van der Waals surface area contributed by atoms with E-state index >= 15 is 0 Å². The number of anilines is 1. The van der Waals surface area contributed by atoms with E-state index in [1.165, 1.54) is 16.8 Å². The summed E-state index contributed by atoms with van der Waals surface area (Å²) in [4.78, 5) is 2.12. The third-order valence-electron chi connectivity index (χ3n) is 2.14. The molecule has 1 nitrogen and oxygen atoms in total. The lowest BCUT2D eigenvalue weighted by molar-refractivity contribution is 1.10. The molecule has 2 heteroatoms. The largest absolute Gasteiger partial charge is 0.378 e. The van der Waals surface area contributed by atoms with Gasteiger partial charge in [-0.2, -0.15) is 0 Å². The second-order valence-electron chi connectivity index (χ2n) is 3.47. The van der Waals surface area contributed by atoms with Crippen LogP contribution >= 0.6 is 15.9 Å². The van der Waals surface area contributed by atoms with Crippen LogP contribution in [-0.2, 0) is 6.42 Å². The normalized spacial score (nSPS) is 9.93. The highest BCUT2D eigenvalue weighted by molar-refractivity contribution is 9.09. The number of halogens is 1. The summed E-state index contributed by atoms with van der Waals surface area (Å²) in [7, 11) is 4.11. The Morgan fingerprint density at radius 3 is 2.57 bits per heavy atom. The van der Waals surface area contributed by atoms with E-state index in [0.29, 0.717) is 0 Å². The number of alkyl halides is 1. The number of benzene rings is 1. The molecule has 0 saturated heterocycles. The van der Waals surface area contributed by atoms with Crippen molar-refractivity contribution < 1.29 is 0 Å². The molecular weight excluding hydrogens is 238 g/mol. The van der Waals surface area contributed by atoms with Gasteiger partial charge in [-0.05, 0) is 29.7 Å². The van der Waals surface area contributed by atoms with Crippen LogP contribution in [0.1, 0.15) is 11.1 Å². The third-order valence-corrected chi connectivity index (χ3v) is 2.53. The summed E-state index contributed by atoms with van der Waals surface area (Å²) in [5, 5.41) is 1.00. The van der Waals surface area contributed by atoms with Crippen molar-refractivity contribution in [2.45, 2.75) is 6.42 Å². The number of hydrogen-bond acceptors (Lipinski definition) is 1. The number of rotatable bonds is 4. The fraction of sp³-hybridized carbons (Fsp3) is 0.333. The standard InChI is InChI=1S/C12H16BrN/c1-4-10-7-11(5-6-13)9-12(8-10)14(2)3/h4,7-9H,1,5-6H2,2-3H3. The van der Waals surface area contributed by atoms with Crippen molar-refractivity contribution in [3.05, 3.63) is 35.9 Å². The van der Waals surface area contributed by atoms with Crippen molar-refractivity contribution in [2.24, 2.45) is 0 Å². The Labute approximate surface area is 94.6 Å². The predicted molar refractivity (Wildman–Crippen MR) is 68.4 cm³/mol. The monoisotopic (exact) mass is 253 g/mol. The van der Waals surface area contributed by atoms with Crippen molar-refractivity contribution in [3.63, 3.8) is 0 Å². The van der Waals surface area contributed by atoms with E-state index < -0.39 is 0 Å². The van der Waals surface area contributed by atoms with Crippen LogP contribution in [0, 0.1) is 0 Å². The van der Waals surface area contributed by atoms with Crippen molar-refractivity contribution >= 4 is 27.7 Å². The van der Waals surface area contributed by atoms with E-state index in [0.717, 1.165) is 11.8 Å². The molecule has 0 atom stereocenters. The van der Waals surface area contributed by atoms with E-state index in [9.17, 15) is 0 Å². The first-order valence-corrected chi connectivity index (χ1v) is 5.79. The molecule has 0 aliphatic heterocycles. The zero-order valence-electron chi connectivity index (χ0n) is 8.76. The highest BCUT2D eigenvalue weighted by Crippen LogP contribution is 2.19. The molecule has 14 heavy (non-hydrogen) atoms. The van der Waals surface area contributed by atoms with Gasteiger partial charge >= 0.3 is 0 Å². The highest BCUT2D eigenvalue weighted by atomic mass is 79.9. The van der Waals surface area contributed by atoms with E-state index in [1.54, 1.807) is 0 Å². The smallest absolute Gasteiger partial charge is 0.0369 e. The molecule has 0 radical (unpaired) electrons. The molecule has 76 valence electrons. The van der Waals surface area contributed by atoms with Crippen LogP contribution in [-0.4, -0.2) is 19.4 Å². The number of hydrogen-bond donors (Lipinski definition) is 0. The fourth-order valence-electron chi connectivity index (χ4n) is 1.33. The van der Waals surface area contributed by atoms with Crippen LogP contribution in [0.2, 0.25) is 0 Å². The number of nitrogens with zero attached hydrogens (tertiary/aromatic N) is 1. The SMILES string of the molecule is C=Cc1cc(CCBr)cc(N(C)C)c1. The molecule has 0 heterocycles. The van der Waals surface area contributed by atoms with Gasteiger partial charge in [0.2, 0.25) is 0 Å². The summed E-state index contributed by atoms with van der Waals surface area (Å²) in [5.41, 5.74) is 3.77. The second kappa shape index (κ2) is 5.20. The molecule has 1 rings (SSSR count). The van der Waals surface area contributed by atoms with Gasteiger partial charge in [0, 0.05) is 25.1 Å². The molecule has 0 fully saturated rings. The molecule has 1 aromatic carbocycles. The van der Waals surface area contributed by atoms with Gasteiger partial charge in [0.1, 0.15) is 0 Å². The first-order valence-electron chi connectivity index (χ1n) is 4.67. The van der Waals surface area contributed by atoms with E-state index in [-0.39, 0.29) is 0 Å². The highest BCUT2D eigenvalue weighted by Gasteiger charge is 2.00. The van der Waals surface area contributed by atoms with Crippen LogP contribution in [0.15, 0.2) is 24.8 Å². The Bertz CT molecular complexity index is 318. The molecule has 0 aliphatic rings. The lowest BCUT2D eigenvalue weighted by atomic mass is 10.1. The molecule has 0 spiro atoms. The predicted octanol–water partition coefficient (Wildman–Crippen LogP) is 3.33. The quantitative estimate of drug-likeness (QED) is 0.745. The Balaban J connectivity index is 3.06. The number of aryl methyl sites for hydroxylation is 1. The van der Waals surface area contributed by atoms with Gasteiger partial charge in [-0.25, -0.2) is 0 Å². The summed E-state index contributed by atoms with van der Waals surface area (Å²) in [6.45, 7) is 3.80. The van der Waals surface area contributed by atoms with Gasteiger partial charge in [-0.15, -0.1) is 0 Å². The summed E-state index contributed by atoms with van der Waals surface area (Å²) >= 11 is 3.45. The molecule has 1 aromatic rings. The minimum Gasteiger partial charge on any atom is -0.378 e. The van der Waals surface area contributed by atoms with Crippen LogP contribution in [0.4, 0.5) is 5.69 Å². The Kier molecular flexibility index (Phi) is 4.21. The maximum absolute atomic E-state index is 3.80.